The molecule has 0 radical (unpaired) electrons. The number of thiocarbonyl (C=S) groups is 1. The van der Waals surface area contributed by atoms with Crippen molar-refractivity contribution >= 4 is 36.6 Å². The topological polar surface area (TPSA) is 57.5 Å². The molecule has 0 aliphatic heterocycles. The van der Waals surface area contributed by atoms with E-state index in [2.05, 4.69) is 12.6 Å². The maximum atomic E-state index is 10.8. The van der Waals surface area contributed by atoms with E-state index < -0.39 is 7.60 Å². The normalized spacial score (nSPS) is 11.9. The summed E-state index contributed by atoms with van der Waals surface area (Å²) in [5.74, 6) is 0. The number of thiol groups is 1. The highest BCUT2D eigenvalue weighted by Gasteiger charge is 2.10. The lowest BCUT2D eigenvalue weighted by atomic mass is 10.0. The molecule has 35 heavy (non-hydrogen) atoms. The van der Waals surface area contributed by atoms with Gasteiger partial charge in [0.05, 0.1) is 0 Å². The lowest BCUT2D eigenvalue weighted by Crippen LogP contribution is -1.88. The van der Waals surface area contributed by atoms with Crippen molar-refractivity contribution in [3.8, 4) is 0 Å². The van der Waals surface area contributed by atoms with Crippen LogP contribution in [-0.4, -0.2) is 20.1 Å². The fourth-order valence-corrected chi connectivity index (χ4v) is 5.77. The Hall–Kier alpha value is 0.590. The Morgan fingerprint density at radius 2 is 0.657 bits per heavy atom. The largest absolute Gasteiger partial charge is 0.325 e. The number of unbranched alkanes of at least 4 members (excludes halogenated alkanes) is 25. The van der Waals surface area contributed by atoms with Gasteiger partial charge in [-0.2, -0.15) is 0 Å². The van der Waals surface area contributed by atoms with Gasteiger partial charge in [0.25, 0.3) is 0 Å². The third kappa shape index (κ3) is 34.6. The molecule has 0 rings (SSSR count). The molecule has 0 unspecified atom stereocenters. The second-order valence-corrected chi connectivity index (χ2v) is 13.8. The SMILES string of the molecule is O=P(O)(O)CCCCCCCCCCCCCCCCCCCCCCCCCCCCC(=S)S. The molecule has 0 aliphatic rings. The Labute approximate surface area is 230 Å². The van der Waals surface area contributed by atoms with Crippen molar-refractivity contribution in [2.75, 3.05) is 6.16 Å². The maximum absolute atomic E-state index is 10.8. The van der Waals surface area contributed by atoms with Crippen LogP contribution in [0, 0.1) is 0 Å². The molecular formula is C29H59O3PS2. The van der Waals surface area contributed by atoms with E-state index in [0.717, 1.165) is 23.5 Å². The first-order chi connectivity index (χ1) is 16.9. The van der Waals surface area contributed by atoms with Gasteiger partial charge < -0.3 is 9.79 Å². The van der Waals surface area contributed by atoms with Crippen LogP contribution in [0.5, 0.6) is 0 Å². The smallest absolute Gasteiger partial charge is 0.324 e. The molecular weight excluding hydrogens is 491 g/mol. The molecule has 0 aromatic heterocycles. The van der Waals surface area contributed by atoms with Gasteiger partial charge in [-0.3, -0.25) is 4.57 Å². The van der Waals surface area contributed by atoms with Crippen LogP contribution in [0.25, 0.3) is 0 Å². The van der Waals surface area contributed by atoms with E-state index in [0.29, 0.717) is 6.42 Å². The summed E-state index contributed by atoms with van der Waals surface area (Å²) in [4.78, 5) is 17.7. The number of rotatable bonds is 29. The van der Waals surface area contributed by atoms with E-state index in [1.54, 1.807) is 0 Å². The Morgan fingerprint density at radius 1 is 0.457 bits per heavy atom. The molecule has 0 amide bonds. The molecule has 0 aromatic carbocycles. The zero-order valence-corrected chi connectivity index (χ0v) is 25.5. The average Bonchev–Trinajstić information content (AvgIpc) is 2.80. The molecule has 2 N–H and O–H groups in total. The van der Waals surface area contributed by atoms with E-state index in [1.165, 1.54) is 148 Å². The summed E-state index contributed by atoms with van der Waals surface area (Å²) in [7, 11) is -3.77. The van der Waals surface area contributed by atoms with Crippen LogP contribution >= 0.6 is 32.4 Å². The molecule has 0 aromatic rings. The van der Waals surface area contributed by atoms with E-state index in [4.69, 9.17) is 22.0 Å². The van der Waals surface area contributed by atoms with Crippen molar-refractivity contribution in [1.82, 2.24) is 0 Å². The summed E-state index contributed by atoms with van der Waals surface area (Å²) in [6.07, 6.45) is 35.7. The number of hydrogen-bond acceptors (Lipinski definition) is 2. The van der Waals surface area contributed by atoms with Crippen LogP contribution in [0.15, 0.2) is 0 Å². The highest BCUT2D eigenvalue weighted by molar-refractivity contribution is 8.11. The minimum absolute atomic E-state index is 0.0580. The van der Waals surface area contributed by atoms with Gasteiger partial charge in [-0.25, -0.2) is 0 Å². The van der Waals surface area contributed by atoms with Crippen molar-refractivity contribution in [3.63, 3.8) is 0 Å². The Bertz CT molecular complexity index is 496. The lowest BCUT2D eigenvalue weighted by molar-refractivity contribution is 0.370. The molecule has 0 saturated heterocycles. The zero-order chi connectivity index (χ0) is 25.9. The third-order valence-corrected chi connectivity index (χ3v) is 8.42. The van der Waals surface area contributed by atoms with Crippen LogP contribution < -0.4 is 0 Å². The summed E-state index contributed by atoms with van der Waals surface area (Å²) in [6, 6.07) is 0. The molecule has 0 spiro atoms. The van der Waals surface area contributed by atoms with Gasteiger partial charge >= 0.3 is 7.60 Å². The molecule has 6 heteroatoms. The summed E-state index contributed by atoms with van der Waals surface area (Å²) in [6.45, 7) is 0. The minimum atomic E-state index is -3.77. The second kappa shape index (κ2) is 27.6. The zero-order valence-electron chi connectivity index (χ0n) is 22.9. The summed E-state index contributed by atoms with van der Waals surface area (Å²) in [5, 5.41) is 0. The fraction of sp³-hybridized carbons (Fsp3) is 0.966. The molecule has 0 saturated carbocycles. The highest BCUT2D eigenvalue weighted by Crippen LogP contribution is 2.35. The van der Waals surface area contributed by atoms with Crippen molar-refractivity contribution in [2.45, 2.75) is 173 Å². The van der Waals surface area contributed by atoms with E-state index in [-0.39, 0.29) is 6.16 Å². The van der Waals surface area contributed by atoms with Gasteiger partial charge in [0.1, 0.15) is 0 Å². The van der Waals surface area contributed by atoms with Gasteiger partial charge in [0.2, 0.25) is 0 Å². The fourth-order valence-electron chi connectivity index (χ4n) is 4.84. The Morgan fingerprint density at radius 3 is 0.857 bits per heavy atom. The van der Waals surface area contributed by atoms with Gasteiger partial charge in [-0.1, -0.05) is 166 Å². The van der Waals surface area contributed by atoms with Crippen molar-refractivity contribution in [3.05, 3.63) is 0 Å². The van der Waals surface area contributed by atoms with E-state index in [1.807, 2.05) is 0 Å². The summed E-state index contributed by atoms with van der Waals surface area (Å²) < 4.78 is 11.6. The van der Waals surface area contributed by atoms with E-state index in [9.17, 15) is 4.57 Å². The first-order valence-electron chi connectivity index (χ1n) is 15.2. The van der Waals surface area contributed by atoms with Crippen molar-refractivity contribution < 1.29 is 14.4 Å². The maximum Gasteiger partial charge on any atom is 0.325 e. The molecule has 0 heterocycles. The summed E-state index contributed by atoms with van der Waals surface area (Å²) in [5.41, 5.74) is 0. The predicted octanol–water partition coefficient (Wildman–Crippen LogP) is 11.0. The molecule has 3 nitrogen and oxygen atoms in total. The third-order valence-electron chi connectivity index (χ3n) is 7.09. The number of hydrogen-bond donors (Lipinski definition) is 3. The van der Waals surface area contributed by atoms with Gasteiger partial charge in [0, 0.05) is 10.4 Å². The molecule has 0 aliphatic carbocycles. The molecule has 0 bridgehead atoms. The monoisotopic (exact) mass is 550 g/mol. The second-order valence-electron chi connectivity index (χ2n) is 10.7. The van der Waals surface area contributed by atoms with Crippen molar-refractivity contribution in [2.24, 2.45) is 0 Å². The van der Waals surface area contributed by atoms with Crippen LogP contribution in [0.2, 0.25) is 0 Å². The highest BCUT2D eigenvalue weighted by atomic mass is 32.1. The first-order valence-corrected chi connectivity index (χ1v) is 17.8. The van der Waals surface area contributed by atoms with Crippen LogP contribution in [-0.2, 0) is 4.57 Å². The average molecular weight is 551 g/mol. The quantitative estimate of drug-likeness (QED) is 0.0375. The predicted molar refractivity (Wildman–Crippen MR) is 163 cm³/mol. The minimum Gasteiger partial charge on any atom is -0.324 e. The Kier molecular flexibility index (Phi) is 28.1. The standard InChI is InChI=1S/C29H59O3PS2/c30-33(31,32)28-26-24-22-20-18-16-14-12-10-8-6-4-2-1-3-5-7-9-11-13-15-17-19-21-23-25-27-29(34)35/h1-28H2,(H,34,35)(H2,30,31,32). The lowest BCUT2D eigenvalue weighted by Gasteiger charge is -2.05. The summed E-state index contributed by atoms with van der Waals surface area (Å²) >= 11 is 9.17. The van der Waals surface area contributed by atoms with Gasteiger partial charge in [-0.05, 0) is 19.3 Å². The van der Waals surface area contributed by atoms with Gasteiger partial charge in [0.15, 0.2) is 0 Å². The van der Waals surface area contributed by atoms with Crippen LogP contribution in [0.3, 0.4) is 0 Å². The van der Waals surface area contributed by atoms with E-state index >= 15 is 0 Å². The van der Waals surface area contributed by atoms with Crippen LogP contribution in [0.1, 0.15) is 173 Å². The molecule has 0 atom stereocenters. The molecule has 210 valence electrons. The first kappa shape index (κ1) is 35.6. The molecule has 0 fully saturated rings. The van der Waals surface area contributed by atoms with Crippen LogP contribution in [0.4, 0.5) is 0 Å². The Balaban J connectivity index is 3.05. The van der Waals surface area contributed by atoms with Crippen molar-refractivity contribution in [1.29, 1.82) is 0 Å². The van der Waals surface area contributed by atoms with Gasteiger partial charge in [-0.15, -0.1) is 12.6 Å².